The Hall–Kier alpha value is -1.06. The molecule has 0 bridgehead atoms. The number of hydrogen-bond donors (Lipinski definition) is 1. The zero-order valence-corrected chi connectivity index (χ0v) is 10.0. The van der Waals surface area contributed by atoms with Gasteiger partial charge < -0.3 is 9.68 Å². The van der Waals surface area contributed by atoms with Crippen LogP contribution in [0.3, 0.4) is 0 Å². The molecule has 0 unspecified atom stereocenters. The lowest BCUT2D eigenvalue weighted by Crippen LogP contribution is -2.15. The van der Waals surface area contributed by atoms with E-state index in [9.17, 15) is 5.02 Å². The van der Waals surface area contributed by atoms with Crippen molar-refractivity contribution in [1.29, 1.82) is 0 Å². The van der Waals surface area contributed by atoms with Gasteiger partial charge in [-0.2, -0.15) is 0 Å². The van der Waals surface area contributed by atoms with Gasteiger partial charge in [-0.15, -0.1) is 0 Å². The van der Waals surface area contributed by atoms with Crippen molar-refractivity contribution in [2.75, 3.05) is 6.61 Å². The van der Waals surface area contributed by atoms with Crippen LogP contribution >= 0.6 is 0 Å². The minimum atomic E-state index is -0.763. The van der Waals surface area contributed by atoms with Gasteiger partial charge >= 0.3 is 7.12 Å². The van der Waals surface area contributed by atoms with E-state index in [1.807, 2.05) is 18.2 Å². The van der Waals surface area contributed by atoms with Crippen LogP contribution in [0.1, 0.15) is 31.9 Å². The maximum absolute atomic E-state index is 9.58. The molecule has 0 spiro atoms. The van der Waals surface area contributed by atoms with E-state index in [1.54, 1.807) is 0 Å². The van der Waals surface area contributed by atoms with Crippen LogP contribution < -0.4 is 0 Å². The summed E-state index contributed by atoms with van der Waals surface area (Å²) in [6, 6.07) is 8.32. The molecule has 1 heterocycles. The predicted molar refractivity (Wildman–Crippen MR) is 67.0 cm³/mol. The molecule has 0 aliphatic carbocycles. The van der Waals surface area contributed by atoms with E-state index in [0.29, 0.717) is 6.61 Å². The summed E-state index contributed by atoms with van der Waals surface area (Å²) in [5.74, 6) is 0. The molecule has 1 aromatic rings. The summed E-state index contributed by atoms with van der Waals surface area (Å²) in [7, 11) is -0.763. The Morgan fingerprint density at radius 1 is 1.19 bits per heavy atom. The monoisotopic (exact) mass is 216 g/mol. The van der Waals surface area contributed by atoms with Gasteiger partial charge in [-0.3, -0.25) is 0 Å². The third-order valence-electron chi connectivity index (χ3n) is 2.91. The zero-order chi connectivity index (χ0) is 11.8. The molecule has 2 nitrogen and oxygen atoms in total. The second kappa shape index (κ2) is 4.08. The molecule has 0 saturated carbocycles. The molecule has 0 aromatic heterocycles. The highest BCUT2D eigenvalue weighted by atomic mass is 16.5. The van der Waals surface area contributed by atoms with Crippen molar-refractivity contribution in [1.82, 2.24) is 0 Å². The van der Waals surface area contributed by atoms with Gasteiger partial charge in [0.1, 0.15) is 0 Å². The topological polar surface area (TPSA) is 29.5 Å². The minimum absolute atomic E-state index is 0.164. The summed E-state index contributed by atoms with van der Waals surface area (Å²) >= 11 is 0. The van der Waals surface area contributed by atoms with Crippen LogP contribution in [0.5, 0.6) is 0 Å². The van der Waals surface area contributed by atoms with Crippen LogP contribution in [0.2, 0.25) is 0 Å². The molecule has 1 N–H and O–H groups in total. The summed E-state index contributed by atoms with van der Waals surface area (Å²) in [4.78, 5) is 0. The fourth-order valence-corrected chi connectivity index (χ4v) is 1.84. The first-order chi connectivity index (χ1) is 7.48. The maximum atomic E-state index is 9.58. The Balaban J connectivity index is 2.26. The van der Waals surface area contributed by atoms with Crippen molar-refractivity contribution >= 4 is 12.6 Å². The van der Waals surface area contributed by atoms with E-state index in [1.165, 1.54) is 5.56 Å². The number of benzene rings is 1. The largest absolute Gasteiger partial charge is 0.491 e. The molecule has 1 aromatic carbocycles. The van der Waals surface area contributed by atoms with Crippen molar-refractivity contribution in [2.45, 2.75) is 26.2 Å². The Morgan fingerprint density at radius 2 is 1.81 bits per heavy atom. The molecule has 0 fully saturated rings. The van der Waals surface area contributed by atoms with Crippen LogP contribution in [0.15, 0.2) is 30.3 Å². The highest BCUT2D eigenvalue weighted by molar-refractivity contribution is 6.67. The zero-order valence-electron chi connectivity index (χ0n) is 10.0. The van der Waals surface area contributed by atoms with Crippen molar-refractivity contribution in [3.63, 3.8) is 0 Å². The van der Waals surface area contributed by atoms with E-state index >= 15 is 0 Å². The Labute approximate surface area is 97.1 Å². The van der Waals surface area contributed by atoms with Gasteiger partial charge in [0.25, 0.3) is 0 Å². The SMILES string of the molecule is CC(C)(C)c1ccc(C2=CCOB2O)cc1. The van der Waals surface area contributed by atoms with Crippen molar-refractivity contribution < 1.29 is 9.68 Å². The lowest BCUT2D eigenvalue weighted by atomic mass is 9.75. The van der Waals surface area contributed by atoms with Gasteiger partial charge in [0.15, 0.2) is 0 Å². The average Bonchev–Trinajstić information content (AvgIpc) is 2.63. The first kappa shape index (κ1) is 11.4. The molecule has 0 amide bonds. The van der Waals surface area contributed by atoms with Crippen molar-refractivity contribution in [2.24, 2.45) is 0 Å². The molecule has 0 saturated heterocycles. The van der Waals surface area contributed by atoms with Crippen LogP contribution in [0.25, 0.3) is 5.47 Å². The molecule has 84 valence electrons. The summed E-state index contributed by atoms with van der Waals surface area (Å²) in [6.45, 7) is 7.07. The fourth-order valence-electron chi connectivity index (χ4n) is 1.84. The summed E-state index contributed by atoms with van der Waals surface area (Å²) in [5, 5.41) is 9.58. The molecule has 1 aliphatic rings. The standard InChI is InChI=1S/C13H17BO2/c1-13(2,3)11-6-4-10(5-7-11)12-8-9-16-14(12)15/h4-8,15H,9H2,1-3H3. The van der Waals surface area contributed by atoms with E-state index in [-0.39, 0.29) is 5.41 Å². The molecule has 2 rings (SSSR count). The number of rotatable bonds is 1. The Bertz CT molecular complexity index is 401. The number of hydrogen-bond acceptors (Lipinski definition) is 2. The smallest absolute Gasteiger partial charge is 0.423 e. The van der Waals surface area contributed by atoms with E-state index in [2.05, 4.69) is 32.9 Å². The Morgan fingerprint density at radius 3 is 2.25 bits per heavy atom. The fraction of sp³-hybridized carbons (Fsp3) is 0.385. The van der Waals surface area contributed by atoms with Crippen molar-refractivity contribution in [3.8, 4) is 0 Å². The molecule has 1 aliphatic heterocycles. The van der Waals surface area contributed by atoms with E-state index < -0.39 is 7.12 Å². The summed E-state index contributed by atoms with van der Waals surface area (Å²) < 4.78 is 5.08. The van der Waals surface area contributed by atoms with E-state index in [4.69, 9.17) is 4.65 Å². The highest BCUT2D eigenvalue weighted by Crippen LogP contribution is 2.26. The predicted octanol–water partition coefficient (Wildman–Crippen LogP) is 2.42. The summed E-state index contributed by atoms with van der Waals surface area (Å²) in [5.41, 5.74) is 3.38. The van der Waals surface area contributed by atoms with Gasteiger partial charge in [0.05, 0.1) is 6.61 Å². The van der Waals surface area contributed by atoms with E-state index in [0.717, 1.165) is 11.0 Å². The van der Waals surface area contributed by atoms with Gasteiger partial charge in [-0.25, -0.2) is 0 Å². The summed E-state index contributed by atoms with van der Waals surface area (Å²) in [6.07, 6.45) is 1.93. The normalized spacial score (nSPS) is 16.5. The first-order valence-corrected chi connectivity index (χ1v) is 5.59. The van der Waals surface area contributed by atoms with Gasteiger partial charge in [-0.05, 0) is 22.0 Å². The molecule has 3 heteroatoms. The molecule has 0 atom stereocenters. The third kappa shape index (κ3) is 2.20. The van der Waals surface area contributed by atoms with Crippen LogP contribution in [-0.4, -0.2) is 18.7 Å². The third-order valence-corrected chi connectivity index (χ3v) is 2.91. The van der Waals surface area contributed by atoms with Gasteiger partial charge in [0.2, 0.25) is 0 Å². The quantitative estimate of drug-likeness (QED) is 0.730. The first-order valence-electron chi connectivity index (χ1n) is 5.59. The molecular formula is C13H17BO2. The second-order valence-electron chi connectivity index (χ2n) is 5.17. The van der Waals surface area contributed by atoms with Crippen LogP contribution in [0.4, 0.5) is 0 Å². The highest BCUT2D eigenvalue weighted by Gasteiger charge is 2.25. The maximum Gasteiger partial charge on any atom is 0.491 e. The molecular weight excluding hydrogens is 199 g/mol. The second-order valence-corrected chi connectivity index (χ2v) is 5.17. The average molecular weight is 216 g/mol. The Kier molecular flexibility index (Phi) is 2.91. The van der Waals surface area contributed by atoms with Gasteiger partial charge in [-0.1, -0.05) is 51.1 Å². The van der Waals surface area contributed by atoms with Crippen LogP contribution in [0, 0.1) is 0 Å². The van der Waals surface area contributed by atoms with Crippen LogP contribution in [-0.2, 0) is 10.1 Å². The molecule has 0 radical (unpaired) electrons. The lowest BCUT2D eigenvalue weighted by molar-refractivity contribution is 0.316. The lowest BCUT2D eigenvalue weighted by Gasteiger charge is -2.19. The van der Waals surface area contributed by atoms with Crippen molar-refractivity contribution in [3.05, 3.63) is 41.5 Å². The minimum Gasteiger partial charge on any atom is -0.423 e. The van der Waals surface area contributed by atoms with Gasteiger partial charge in [0, 0.05) is 0 Å². The molecule has 16 heavy (non-hydrogen) atoms.